The molecule has 0 aromatic carbocycles. The number of hydrogen-bond acceptors (Lipinski definition) is 1. The molecule has 0 spiro atoms. The van der Waals surface area contributed by atoms with Crippen LogP contribution in [0.15, 0.2) is 0 Å². The molecule has 1 atom stereocenters. The van der Waals surface area contributed by atoms with Crippen molar-refractivity contribution >= 4 is 19.4 Å². The monoisotopic (exact) mass is 124 g/mol. The van der Waals surface area contributed by atoms with Crippen LogP contribution in [0.1, 0.15) is 6.92 Å². The third-order valence-corrected chi connectivity index (χ3v) is 3.19. The van der Waals surface area contributed by atoms with Crippen molar-refractivity contribution in [2.45, 2.75) is 13.0 Å². The molecular weight excluding hydrogens is 116 g/mol. The average molecular weight is 125 g/mol. The highest BCUT2D eigenvalue weighted by Crippen LogP contribution is 1.94. The Bertz CT molecular complexity index is 30.0. The van der Waals surface area contributed by atoms with Gasteiger partial charge in [0.2, 0.25) is 0 Å². The summed E-state index contributed by atoms with van der Waals surface area (Å²) in [7, 11) is 0.472. The van der Waals surface area contributed by atoms with Crippen molar-refractivity contribution in [2.24, 2.45) is 0 Å². The van der Waals surface area contributed by atoms with Gasteiger partial charge >= 0.3 is 0 Å². The molecular formula is C3H9ClOSi. The molecule has 0 amide bonds. The highest BCUT2D eigenvalue weighted by atomic mass is 35.6. The lowest BCUT2D eigenvalue weighted by molar-refractivity contribution is 0.435. The summed E-state index contributed by atoms with van der Waals surface area (Å²) in [5.41, 5.74) is 0. The summed E-state index contributed by atoms with van der Waals surface area (Å²) in [5, 5.41) is 0. The number of halogens is 1. The molecule has 0 N–H and O–H groups in total. The maximum Gasteiger partial charge on any atom is 0.273 e. The van der Waals surface area contributed by atoms with E-state index in [1.165, 1.54) is 0 Å². The maximum atomic E-state index is 5.57. The van der Waals surface area contributed by atoms with Gasteiger partial charge in [-0.05, 0) is 6.04 Å². The van der Waals surface area contributed by atoms with Crippen molar-refractivity contribution in [3.8, 4) is 0 Å². The largest absolute Gasteiger partial charge is 0.409 e. The molecule has 3 heteroatoms. The van der Waals surface area contributed by atoms with E-state index in [1.54, 1.807) is 7.11 Å². The first-order chi connectivity index (χ1) is 2.81. The summed E-state index contributed by atoms with van der Waals surface area (Å²) in [5.74, 6) is 0. The second-order valence-electron chi connectivity index (χ2n) is 1.05. The summed E-state index contributed by atoms with van der Waals surface area (Å²) < 4.78 is 4.80. The highest BCUT2D eigenvalue weighted by molar-refractivity contribution is 7.03. The lowest BCUT2D eigenvalue weighted by Gasteiger charge is -1.95. The molecule has 0 bridgehead atoms. The molecule has 0 aromatic heterocycles. The molecule has 0 aliphatic heterocycles. The fourth-order valence-corrected chi connectivity index (χ4v) is 0.500. The van der Waals surface area contributed by atoms with Crippen molar-refractivity contribution in [2.75, 3.05) is 7.11 Å². The van der Waals surface area contributed by atoms with E-state index < -0.39 is 8.35 Å². The molecule has 0 aliphatic rings. The van der Waals surface area contributed by atoms with Gasteiger partial charge in [0.25, 0.3) is 8.35 Å². The molecule has 38 valence electrons. The first-order valence-electron chi connectivity index (χ1n) is 1.98. The van der Waals surface area contributed by atoms with E-state index in [0.29, 0.717) is 0 Å². The van der Waals surface area contributed by atoms with Gasteiger partial charge in [-0.3, -0.25) is 0 Å². The molecule has 1 unspecified atom stereocenters. The van der Waals surface area contributed by atoms with Gasteiger partial charge in [-0.15, -0.1) is 11.1 Å². The van der Waals surface area contributed by atoms with Crippen molar-refractivity contribution in [1.29, 1.82) is 0 Å². The average Bonchev–Trinajstić information content (AvgIpc) is 1.65. The Morgan fingerprint density at radius 3 is 2.33 bits per heavy atom. The molecule has 0 aliphatic carbocycles. The van der Waals surface area contributed by atoms with Crippen LogP contribution in [0.25, 0.3) is 0 Å². The first kappa shape index (κ1) is 6.47. The zero-order chi connectivity index (χ0) is 4.99. The smallest absolute Gasteiger partial charge is 0.273 e. The van der Waals surface area contributed by atoms with Crippen molar-refractivity contribution in [3.63, 3.8) is 0 Å². The van der Waals surface area contributed by atoms with E-state index >= 15 is 0 Å². The fourth-order valence-electron chi connectivity index (χ4n) is 0.167. The molecule has 0 rings (SSSR count). The standard InChI is InChI=1S/C3H9ClOSi/c1-3-6(4)5-2/h6H,3H2,1-2H3. The Morgan fingerprint density at radius 1 is 1.83 bits per heavy atom. The summed E-state index contributed by atoms with van der Waals surface area (Å²) in [6, 6.07) is 1.01. The minimum atomic E-state index is -1.19. The Balaban J connectivity index is 2.75. The fraction of sp³-hybridized carbons (Fsp3) is 1.00. The van der Waals surface area contributed by atoms with Gasteiger partial charge in [-0.2, -0.15) is 0 Å². The van der Waals surface area contributed by atoms with E-state index in [0.717, 1.165) is 6.04 Å². The summed E-state index contributed by atoms with van der Waals surface area (Å²) in [4.78, 5) is 0. The Kier molecular flexibility index (Phi) is 3.93. The maximum absolute atomic E-state index is 5.57. The van der Waals surface area contributed by atoms with Gasteiger partial charge in [-0.1, -0.05) is 6.92 Å². The van der Waals surface area contributed by atoms with Crippen LogP contribution in [0.3, 0.4) is 0 Å². The van der Waals surface area contributed by atoms with Gasteiger partial charge in [0.1, 0.15) is 0 Å². The lowest BCUT2D eigenvalue weighted by atomic mass is 11.0. The van der Waals surface area contributed by atoms with Crippen LogP contribution in [-0.4, -0.2) is 15.5 Å². The van der Waals surface area contributed by atoms with Crippen LogP contribution >= 0.6 is 11.1 Å². The Labute approximate surface area is 44.7 Å². The van der Waals surface area contributed by atoms with Crippen LogP contribution in [0.4, 0.5) is 0 Å². The van der Waals surface area contributed by atoms with Crippen LogP contribution in [-0.2, 0) is 4.43 Å². The predicted octanol–water partition coefficient (Wildman–Crippen LogP) is 1.11. The summed E-state index contributed by atoms with van der Waals surface area (Å²) >= 11 is 5.57. The minimum Gasteiger partial charge on any atom is -0.409 e. The van der Waals surface area contributed by atoms with E-state index in [9.17, 15) is 0 Å². The van der Waals surface area contributed by atoms with Crippen LogP contribution in [0.2, 0.25) is 6.04 Å². The summed E-state index contributed by atoms with van der Waals surface area (Å²) in [6.45, 7) is 2.04. The quantitative estimate of drug-likeness (QED) is 0.396. The van der Waals surface area contributed by atoms with E-state index in [1.807, 2.05) is 6.92 Å². The van der Waals surface area contributed by atoms with Crippen LogP contribution in [0, 0.1) is 0 Å². The van der Waals surface area contributed by atoms with E-state index in [4.69, 9.17) is 15.5 Å². The van der Waals surface area contributed by atoms with Gasteiger partial charge < -0.3 is 4.43 Å². The topological polar surface area (TPSA) is 9.23 Å². The highest BCUT2D eigenvalue weighted by Gasteiger charge is 1.96. The third kappa shape index (κ3) is 2.69. The lowest BCUT2D eigenvalue weighted by Crippen LogP contribution is -2.02. The SMILES string of the molecule is CC[SiH](Cl)OC. The van der Waals surface area contributed by atoms with Crippen molar-refractivity contribution in [3.05, 3.63) is 0 Å². The van der Waals surface area contributed by atoms with Crippen molar-refractivity contribution in [1.82, 2.24) is 0 Å². The number of hydrogen-bond donors (Lipinski definition) is 0. The molecule has 0 fully saturated rings. The molecule has 0 saturated heterocycles. The predicted molar refractivity (Wildman–Crippen MR) is 30.5 cm³/mol. The molecule has 0 saturated carbocycles. The summed E-state index contributed by atoms with van der Waals surface area (Å²) in [6.07, 6.45) is 0. The Hall–Kier alpha value is 0.467. The minimum absolute atomic E-state index is 1.01. The van der Waals surface area contributed by atoms with Gasteiger partial charge in [0.15, 0.2) is 0 Å². The van der Waals surface area contributed by atoms with Crippen LogP contribution < -0.4 is 0 Å². The zero-order valence-electron chi connectivity index (χ0n) is 4.07. The Morgan fingerprint density at radius 2 is 2.33 bits per heavy atom. The zero-order valence-corrected chi connectivity index (χ0v) is 5.98. The molecule has 0 radical (unpaired) electrons. The molecule has 0 aromatic rings. The number of rotatable bonds is 2. The van der Waals surface area contributed by atoms with Crippen molar-refractivity contribution < 1.29 is 4.43 Å². The second kappa shape index (κ2) is 3.65. The van der Waals surface area contributed by atoms with E-state index in [-0.39, 0.29) is 0 Å². The normalized spacial score (nSPS) is 14.5. The van der Waals surface area contributed by atoms with E-state index in [2.05, 4.69) is 0 Å². The van der Waals surface area contributed by atoms with Crippen LogP contribution in [0.5, 0.6) is 0 Å². The van der Waals surface area contributed by atoms with Gasteiger partial charge in [-0.25, -0.2) is 0 Å². The van der Waals surface area contributed by atoms with Gasteiger partial charge in [0, 0.05) is 7.11 Å². The third-order valence-electron chi connectivity index (χ3n) is 0.577. The molecule has 0 heterocycles. The first-order valence-corrected chi connectivity index (χ1v) is 5.01. The second-order valence-corrected chi connectivity index (χ2v) is 4.62. The molecule has 1 nitrogen and oxygen atoms in total. The molecule has 6 heavy (non-hydrogen) atoms. The van der Waals surface area contributed by atoms with Gasteiger partial charge in [0.05, 0.1) is 0 Å².